The van der Waals surface area contributed by atoms with Crippen LogP contribution in [0.15, 0.2) is 0 Å². The molecule has 0 aromatic heterocycles. The Morgan fingerprint density at radius 3 is 2.64 bits per heavy atom. The first-order chi connectivity index (χ1) is 5.41. The molecule has 0 amide bonds. The van der Waals surface area contributed by atoms with Crippen LogP contribution in [0.4, 0.5) is 0 Å². The van der Waals surface area contributed by atoms with E-state index in [1.807, 2.05) is 0 Å². The van der Waals surface area contributed by atoms with E-state index in [1.165, 1.54) is 32.1 Å². The second kappa shape index (κ2) is 1.99. The van der Waals surface area contributed by atoms with Gasteiger partial charge >= 0.3 is 0 Å². The predicted molar refractivity (Wildman–Crippen MR) is 39.6 cm³/mol. The molecule has 0 aromatic rings. The molecule has 1 saturated heterocycles. The summed E-state index contributed by atoms with van der Waals surface area (Å²) in [5.74, 6) is 1.60. The molecule has 1 heterocycles. The monoisotopic (exact) mass is 154 g/mol. The van der Waals surface area contributed by atoms with Gasteiger partial charge in [-0.3, -0.25) is 0 Å². The summed E-state index contributed by atoms with van der Waals surface area (Å²) in [5.41, 5.74) is 0. The van der Waals surface area contributed by atoms with Crippen molar-refractivity contribution < 1.29 is 9.78 Å². The van der Waals surface area contributed by atoms with Crippen LogP contribution in [0.2, 0.25) is 0 Å². The van der Waals surface area contributed by atoms with E-state index in [1.54, 1.807) is 0 Å². The lowest BCUT2D eigenvalue weighted by Gasteiger charge is -2.25. The van der Waals surface area contributed by atoms with Gasteiger partial charge in [0.05, 0.1) is 0 Å². The zero-order valence-corrected chi connectivity index (χ0v) is 6.71. The Morgan fingerprint density at radius 2 is 1.82 bits per heavy atom. The van der Waals surface area contributed by atoms with Gasteiger partial charge in [0.1, 0.15) is 0 Å². The minimum absolute atomic E-state index is 0.0644. The van der Waals surface area contributed by atoms with Crippen LogP contribution in [0, 0.1) is 11.8 Å². The molecular formula is C9H14O2. The van der Waals surface area contributed by atoms with Crippen molar-refractivity contribution in [2.45, 2.75) is 44.3 Å². The van der Waals surface area contributed by atoms with Crippen LogP contribution < -0.4 is 0 Å². The third kappa shape index (κ3) is 0.798. The fraction of sp³-hybridized carbons (Fsp3) is 1.00. The Kier molecular flexibility index (Phi) is 1.16. The number of hydrogen-bond donors (Lipinski definition) is 0. The molecule has 0 N–H and O–H groups in total. The molecule has 0 bridgehead atoms. The molecule has 3 fully saturated rings. The number of fused-ring (bicyclic) bond motifs is 2. The molecule has 2 heteroatoms. The molecule has 2 nitrogen and oxygen atoms in total. The van der Waals surface area contributed by atoms with Gasteiger partial charge in [-0.25, -0.2) is 0 Å². The summed E-state index contributed by atoms with van der Waals surface area (Å²) in [6.45, 7) is 0. The van der Waals surface area contributed by atoms with Crippen LogP contribution in [0.5, 0.6) is 0 Å². The summed E-state index contributed by atoms with van der Waals surface area (Å²) >= 11 is 0. The van der Waals surface area contributed by atoms with E-state index in [9.17, 15) is 0 Å². The van der Waals surface area contributed by atoms with Crippen molar-refractivity contribution in [3.05, 3.63) is 0 Å². The molecule has 62 valence electrons. The van der Waals surface area contributed by atoms with E-state index in [4.69, 9.17) is 9.78 Å². The minimum Gasteiger partial charge on any atom is -0.195 e. The Labute approximate surface area is 66.8 Å². The second-order valence-electron chi connectivity index (χ2n) is 4.17. The Morgan fingerprint density at radius 1 is 1.00 bits per heavy atom. The van der Waals surface area contributed by atoms with Gasteiger partial charge in [0.15, 0.2) is 0 Å². The standard InChI is InChI=1S/C9H14O2/c1-2-4-8-7(3-1)5-6-9(8)10-11-9/h7-8H,1-6H2. The van der Waals surface area contributed by atoms with E-state index in [0.717, 1.165) is 18.3 Å². The molecule has 2 aliphatic carbocycles. The number of rotatable bonds is 0. The highest BCUT2D eigenvalue weighted by molar-refractivity contribution is 4.96. The van der Waals surface area contributed by atoms with Gasteiger partial charge in [-0.2, -0.15) is 9.78 Å². The molecule has 0 aromatic carbocycles. The largest absolute Gasteiger partial charge is 0.237 e. The van der Waals surface area contributed by atoms with Gasteiger partial charge < -0.3 is 0 Å². The highest BCUT2D eigenvalue weighted by Crippen LogP contribution is 2.56. The van der Waals surface area contributed by atoms with Gasteiger partial charge in [-0.1, -0.05) is 12.8 Å². The third-order valence-corrected chi connectivity index (χ3v) is 3.64. The Hall–Kier alpha value is -0.0800. The first-order valence-corrected chi connectivity index (χ1v) is 4.78. The SMILES string of the molecule is C1CCC2C(C1)CCC21OO1. The second-order valence-corrected chi connectivity index (χ2v) is 4.17. The number of hydrogen-bond acceptors (Lipinski definition) is 2. The zero-order valence-electron chi connectivity index (χ0n) is 6.71. The maximum absolute atomic E-state index is 5.13. The van der Waals surface area contributed by atoms with Crippen LogP contribution >= 0.6 is 0 Å². The molecule has 2 atom stereocenters. The maximum atomic E-state index is 5.13. The molecule has 11 heavy (non-hydrogen) atoms. The topological polar surface area (TPSA) is 25.1 Å². The first-order valence-electron chi connectivity index (χ1n) is 4.78. The van der Waals surface area contributed by atoms with Crippen molar-refractivity contribution in [2.75, 3.05) is 0 Å². The maximum Gasteiger partial charge on any atom is 0.237 e. The quantitative estimate of drug-likeness (QED) is 0.395. The van der Waals surface area contributed by atoms with E-state index in [0.29, 0.717) is 0 Å². The zero-order chi connectivity index (χ0) is 7.31. The molecule has 0 radical (unpaired) electrons. The van der Waals surface area contributed by atoms with E-state index < -0.39 is 0 Å². The van der Waals surface area contributed by atoms with E-state index >= 15 is 0 Å². The first kappa shape index (κ1) is 6.44. The molecule has 3 rings (SSSR count). The molecule has 1 spiro atoms. The summed E-state index contributed by atoms with van der Waals surface area (Å²) < 4.78 is 0. The normalized spacial score (nSPS) is 45.8. The molecule has 2 saturated carbocycles. The highest BCUT2D eigenvalue weighted by atomic mass is 17.4. The van der Waals surface area contributed by atoms with Gasteiger partial charge in [-0.15, -0.1) is 0 Å². The van der Waals surface area contributed by atoms with E-state index in [-0.39, 0.29) is 5.79 Å². The average molecular weight is 154 g/mol. The smallest absolute Gasteiger partial charge is 0.195 e. The lowest BCUT2D eigenvalue weighted by molar-refractivity contribution is 0.0850. The lowest BCUT2D eigenvalue weighted by Crippen LogP contribution is -2.24. The van der Waals surface area contributed by atoms with Crippen LogP contribution in [0.1, 0.15) is 38.5 Å². The van der Waals surface area contributed by atoms with Crippen molar-refractivity contribution in [3.63, 3.8) is 0 Å². The van der Waals surface area contributed by atoms with Crippen LogP contribution in [0.25, 0.3) is 0 Å². The van der Waals surface area contributed by atoms with Crippen LogP contribution in [-0.2, 0) is 9.78 Å². The summed E-state index contributed by atoms with van der Waals surface area (Å²) in [7, 11) is 0. The molecule has 1 aliphatic heterocycles. The van der Waals surface area contributed by atoms with Crippen molar-refractivity contribution >= 4 is 0 Å². The average Bonchev–Trinajstić information content (AvgIpc) is 2.72. The van der Waals surface area contributed by atoms with Gasteiger partial charge in [-0.05, 0) is 25.2 Å². The highest BCUT2D eigenvalue weighted by Gasteiger charge is 2.61. The molecule has 2 unspecified atom stereocenters. The Bertz CT molecular complexity index is 174. The summed E-state index contributed by atoms with van der Waals surface area (Å²) in [6.07, 6.45) is 8.06. The Balaban J connectivity index is 1.83. The third-order valence-electron chi connectivity index (χ3n) is 3.64. The van der Waals surface area contributed by atoms with Crippen molar-refractivity contribution in [1.29, 1.82) is 0 Å². The summed E-state index contributed by atoms with van der Waals surface area (Å²) in [5, 5.41) is 0. The predicted octanol–water partition coefficient (Wildman–Crippen LogP) is 2.24. The van der Waals surface area contributed by atoms with Gasteiger partial charge in [0.2, 0.25) is 5.79 Å². The minimum atomic E-state index is -0.0644. The van der Waals surface area contributed by atoms with Crippen LogP contribution in [-0.4, -0.2) is 5.79 Å². The van der Waals surface area contributed by atoms with Crippen LogP contribution in [0.3, 0.4) is 0 Å². The lowest BCUT2D eigenvalue weighted by atomic mass is 9.80. The fourth-order valence-electron chi connectivity index (χ4n) is 2.96. The summed E-state index contributed by atoms with van der Waals surface area (Å²) in [4.78, 5) is 10.3. The van der Waals surface area contributed by atoms with Gasteiger partial charge in [0.25, 0.3) is 0 Å². The fourth-order valence-corrected chi connectivity index (χ4v) is 2.96. The van der Waals surface area contributed by atoms with Crippen molar-refractivity contribution in [3.8, 4) is 0 Å². The summed E-state index contributed by atoms with van der Waals surface area (Å²) in [6, 6.07) is 0. The molecule has 3 aliphatic rings. The van der Waals surface area contributed by atoms with Crippen molar-refractivity contribution in [2.24, 2.45) is 11.8 Å². The molecular weight excluding hydrogens is 140 g/mol. The van der Waals surface area contributed by atoms with E-state index in [2.05, 4.69) is 0 Å². The van der Waals surface area contributed by atoms with Crippen molar-refractivity contribution in [1.82, 2.24) is 0 Å². The van der Waals surface area contributed by atoms with Gasteiger partial charge in [0, 0.05) is 12.3 Å².